The fourth-order valence-electron chi connectivity index (χ4n) is 4.39. The minimum Gasteiger partial charge on any atom is -0.462 e. The molecule has 3 aromatic rings. The smallest absolute Gasteiger partial charge is 0.341 e. The molecule has 1 aliphatic rings. The SMILES string of the molecule is CCOC(=O)c1cc(-c2ccccc2)sc1NC(=O)[C@@H](c1ccccc1)N1CCC[C@H](C)C1. The van der Waals surface area contributed by atoms with Crippen molar-refractivity contribution in [3.8, 4) is 10.4 Å². The van der Waals surface area contributed by atoms with Crippen LogP contribution in [0.1, 0.15) is 48.7 Å². The Labute approximate surface area is 199 Å². The van der Waals surface area contributed by atoms with Crippen LogP contribution >= 0.6 is 11.3 Å². The Kier molecular flexibility index (Phi) is 7.57. The van der Waals surface area contributed by atoms with E-state index in [0.717, 1.165) is 35.5 Å². The number of piperidine rings is 1. The van der Waals surface area contributed by atoms with E-state index in [4.69, 9.17) is 4.74 Å². The zero-order chi connectivity index (χ0) is 23.2. The number of esters is 1. The van der Waals surface area contributed by atoms with E-state index in [1.54, 1.807) is 6.92 Å². The normalized spacial score (nSPS) is 17.3. The molecule has 0 bridgehead atoms. The summed E-state index contributed by atoms with van der Waals surface area (Å²) in [5, 5.41) is 3.62. The van der Waals surface area contributed by atoms with E-state index in [1.807, 2.05) is 66.7 Å². The molecule has 6 heteroatoms. The average Bonchev–Trinajstić information content (AvgIpc) is 3.24. The van der Waals surface area contributed by atoms with Crippen molar-refractivity contribution in [2.24, 2.45) is 5.92 Å². The molecule has 0 aliphatic carbocycles. The van der Waals surface area contributed by atoms with Gasteiger partial charge in [-0.2, -0.15) is 0 Å². The summed E-state index contributed by atoms with van der Waals surface area (Å²) in [6, 6.07) is 21.2. The predicted molar refractivity (Wildman–Crippen MR) is 133 cm³/mol. The van der Waals surface area contributed by atoms with E-state index in [1.165, 1.54) is 17.8 Å². The molecule has 2 aromatic carbocycles. The molecule has 1 aromatic heterocycles. The Balaban J connectivity index is 1.67. The summed E-state index contributed by atoms with van der Waals surface area (Å²) < 4.78 is 5.28. The maximum atomic E-state index is 13.7. The highest BCUT2D eigenvalue weighted by molar-refractivity contribution is 7.20. The maximum Gasteiger partial charge on any atom is 0.341 e. The number of carbonyl (C=O) groups is 2. The Morgan fingerprint density at radius 1 is 1.12 bits per heavy atom. The van der Waals surface area contributed by atoms with Crippen LogP contribution in [-0.2, 0) is 9.53 Å². The number of carbonyl (C=O) groups excluding carboxylic acids is 2. The van der Waals surface area contributed by atoms with Crippen LogP contribution in [0.25, 0.3) is 10.4 Å². The van der Waals surface area contributed by atoms with E-state index in [2.05, 4.69) is 17.1 Å². The number of ether oxygens (including phenoxy) is 1. The van der Waals surface area contributed by atoms with E-state index < -0.39 is 12.0 Å². The molecule has 2 atom stereocenters. The lowest BCUT2D eigenvalue weighted by Crippen LogP contribution is -2.42. The highest BCUT2D eigenvalue weighted by Crippen LogP contribution is 2.37. The lowest BCUT2D eigenvalue weighted by atomic mass is 9.95. The van der Waals surface area contributed by atoms with E-state index in [9.17, 15) is 9.59 Å². The fourth-order valence-corrected chi connectivity index (χ4v) is 5.45. The molecule has 0 radical (unpaired) electrons. The molecule has 5 nitrogen and oxygen atoms in total. The highest BCUT2D eigenvalue weighted by Gasteiger charge is 2.32. The molecule has 1 saturated heterocycles. The Morgan fingerprint density at radius 3 is 2.48 bits per heavy atom. The number of benzene rings is 2. The lowest BCUT2D eigenvalue weighted by Gasteiger charge is -2.36. The summed E-state index contributed by atoms with van der Waals surface area (Å²) in [6.45, 7) is 6.04. The van der Waals surface area contributed by atoms with Gasteiger partial charge >= 0.3 is 5.97 Å². The Morgan fingerprint density at radius 2 is 1.82 bits per heavy atom. The van der Waals surface area contributed by atoms with Crippen molar-refractivity contribution in [1.29, 1.82) is 0 Å². The third kappa shape index (κ3) is 5.52. The van der Waals surface area contributed by atoms with Crippen molar-refractivity contribution < 1.29 is 14.3 Å². The fraction of sp³-hybridized carbons (Fsp3) is 0.333. The monoisotopic (exact) mass is 462 g/mol. The second kappa shape index (κ2) is 10.8. The van der Waals surface area contributed by atoms with Crippen LogP contribution in [0.2, 0.25) is 0 Å². The van der Waals surface area contributed by atoms with Crippen LogP contribution in [0.15, 0.2) is 66.7 Å². The zero-order valence-corrected chi connectivity index (χ0v) is 19.9. The number of likely N-dealkylation sites (tertiary alicyclic amines) is 1. The number of thiophene rings is 1. The summed E-state index contributed by atoms with van der Waals surface area (Å²) in [5.74, 6) is -0.00401. The van der Waals surface area contributed by atoms with E-state index >= 15 is 0 Å². The van der Waals surface area contributed by atoms with Gasteiger partial charge in [0.15, 0.2) is 0 Å². The first-order valence-corrected chi connectivity index (χ1v) is 12.3. The first kappa shape index (κ1) is 23.2. The molecule has 0 saturated carbocycles. The second-order valence-corrected chi connectivity index (χ2v) is 9.54. The molecular weight excluding hydrogens is 432 g/mol. The minimum atomic E-state index is -0.422. The molecule has 0 spiro atoms. The summed E-state index contributed by atoms with van der Waals surface area (Å²) in [6.07, 6.45) is 2.25. The number of hydrogen-bond acceptors (Lipinski definition) is 5. The number of nitrogens with one attached hydrogen (secondary N) is 1. The van der Waals surface area contributed by atoms with Gasteiger partial charge in [0.25, 0.3) is 0 Å². The molecular formula is C27H30N2O3S. The molecule has 1 aliphatic heterocycles. The second-order valence-electron chi connectivity index (χ2n) is 8.48. The lowest BCUT2D eigenvalue weighted by molar-refractivity contribution is -0.122. The molecule has 0 unspecified atom stereocenters. The van der Waals surface area contributed by atoms with Crippen LogP contribution < -0.4 is 5.32 Å². The summed E-state index contributed by atoms with van der Waals surface area (Å²) >= 11 is 1.40. The van der Waals surface area contributed by atoms with Crippen LogP contribution in [0.5, 0.6) is 0 Å². The van der Waals surface area contributed by atoms with Crippen molar-refractivity contribution >= 4 is 28.2 Å². The van der Waals surface area contributed by atoms with Crippen LogP contribution in [0.3, 0.4) is 0 Å². The molecule has 1 amide bonds. The standard InChI is InChI=1S/C27H30N2O3S/c1-3-32-27(31)22-17-23(20-12-6-4-7-13-20)33-26(22)28-25(30)24(21-14-8-5-9-15-21)29-16-10-11-19(2)18-29/h4-9,12-15,17,19,24H,3,10-11,16,18H2,1-2H3,(H,28,30)/t19-,24+/m0/s1. The number of anilines is 1. The van der Waals surface area contributed by atoms with Gasteiger partial charge in [0.05, 0.1) is 12.2 Å². The van der Waals surface area contributed by atoms with E-state index in [-0.39, 0.29) is 12.5 Å². The van der Waals surface area contributed by atoms with Gasteiger partial charge in [0.2, 0.25) is 5.91 Å². The largest absolute Gasteiger partial charge is 0.462 e. The van der Waals surface area contributed by atoms with Crippen molar-refractivity contribution in [3.63, 3.8) is 0 Å². The first-order chi connectivity index (χ1) is 16.1. The topological polar surface area (TPSA) is 58.6 Å². The van der Waals surface area contributed by atoms with Crippen LogP contribution in [-0.4, -0.2) is 36.5 Å². The molecule has 33 heavy (non-hydrogen) atoms. The number of rotatable bonds is 7. The minimum absolute atomic E-state index is 0.123. The zero-order valence-electron chi connectivity index (χ0n) is 19.1. The Bertz CT molecular complexity index is 1080. The van der Waals surface area contributed by atoms with Gasteiger partial charge in [-0.1, -0.05) is 67.6 Å². The number of nitrogens with zero attached hydrogens (tertiary/aromatic N) is 1. The van der Waals surface area contributed by atoms with Crippen molar-refractivity contribution in [3.05, 3.63) is 77.9 Å². The molecule has 1 fully saturated rings. The van der Waals surface area contributed by atoms with Crippen molar-refractivity contribution in [2.75, 3.05) is 25.0 Å². The maximum absolute atomic E-state index is 13.7. The third-order valence-corrected chi connectivity index (χ3v) is 7.04. The number of hydrogen-bond donors (Lipinski definition) is 1. The first-order valence-electron chi connectivity index (χ1n) is 11.5. The highest BCUT2D eigenvalue weighted by atomic mass is 32.1. The van der Waals surface area contributed by atoms with E-state index in [0.29, 0.717) is 16.5 Å². The molecule has 1 N–H and O–H groups in total. The molecule has 4 rings (SSSR count). The van der Waals surface area contributed by atoms with Gasteiger partial charge in [0, 0.05) is 11.4 Å². The average molecular weight is 463 g/mol. The predicted octanol–water partition coefficient (Wildman–Crippen LogP) is 6.00. The summed E-state index contributed by atoms with van der Waals surface area (Å²) in [5.41, 5.74) is 2.35. The van der Waals surface area contributed by atoms with Gasteiger partial charge in [-0.25, -0.2) is 4.79 Å². The van der Waals surface area contributed by atoms with Gasteiger partial charge in [-0.3, -0.25) is 9.69 Å². The van der Waals surface area contributed by atoms with Gasteiger partial charge < -0.3 is 10.1 Å². The third-order valence-electron chi connectivity index (χ3n) is 5.94. The van der Waals surface area contributed by atoms with Gasteiger partial charge in [-0.05, 0) is 49.4 Å². The quantitative estimate of drug-likeness (QED) is 0.437. The summed E-state index contributed by atoms with van der Waals surface area (Å²) in [4.78, 5) is 29.6. The molecule has 2 heterocycles. The van der Waals surface area contributed by atoms with Crippen LogP contribution in [0.4, 0.5) is 5.00 Å². The molecule has 172 valence electrons. The van der Waals surface area contributed by atoms with Crippen molar-refractivity contribution in [1.82, 2.24) is 4.90 Å². The Hall–Kier alpha value is -2.96. The van der Waals surface area contributed by atoms with Gasteiger partial charge in [-0.15, -0.1) is 11.3 Å². The van der Waals surface area contributed by atoms with Crippen molar-refractivity contribution in [2.45, 2.75) is 32.7 Å². The van der Waals surface area contributed by atoms with Gasteiger partial charge in [0.1, 0.15) is 11.0 Å². The summed E-state index contributed by atoms with van der Waals surface area (Å²) in [7, 11) is 0. The number of amides is 1. The van der Waals surface area contributed by atoms with Crippen LogP contribution in [0, 0.1) is 5.92 Å².